The monoisotopic (exact) mass is 350 g/mol. The number of aromatic nitrogens is 1. The Balaban J connectivity index is 1.93. The van der Waals surface area contributed by atoms with Crippen LogP contribution in [0.15, 0.2) is 34.8 Å². The summed E-state index contributed by atoms with van der Waals surface area (Å²) in [6.07, 6.45) is 0. The highest BCUT2D eigenvalue weighted by atomic mass is 79.9. The first kappa shape index (κ1) is 14.3. The van der Waals surface area contributed by atoms with Gasteiger partial charge in [0.25, 0.3) is 5.91 Å². The highest BCUT2D eigenvalue weighted by Crippen LogP contribution is 2.30. The largest absolute Gasteiger partial charge is 0.345 e. The van der Waals surface area contributed by atoms with E-state index in [1.165, 1.54) is 23.9 Å². The van der Waals surface area contributed by atoms with Crippen LogP contribution in [0.2, 0.25) is 0 Å². The van der Waals surface area contributed by atoms with Crippen molar-refractivity contribution in [3.05, 3.63) is 57.6 Å². The number of hydrogen-bond acceptors (Lipinski definition) is 1. The number of aryl methyl sites for hydroxylation is 1. The van der Waals surface area contributed by atoms with E-state index in [0.717, 1.165) is 12.2 Å². The third kappa shape index (κ3) is 2.39. The van der Waals surface area contributed by atoms with Gasteiger partial charge in [0.05, 0.1) is 11.6 Å². The molecule has 1 amide bonds. The zero-order chi connectivity index (χ0) is 15.1. The van der Waals surface area contributed by atoms with Crippen LogP contribution in [0.5, 0.6) is 0 Å². The van der Waals surface area contributed by atoms with Gasteiger partial charge >= 0.3 is 0 Å². The van der Waals surface area contributed by atoms with Crippen LogP contribution in [0.4, 0.5) is 4.39 Å². The second kappa shape index (κ2) is 5.30. The summed E-state index contributed by atoms with van der Waals surface area (Å²) in [5.41, 5.74) is 2.86. The van der Waals surface area contributed by atoms with E-state index in [1.54, 1.807) is 0 Å². The van der Waals surface area contributed by atoms with Gasteiger partial charge in [-0.2, -0.15) is 0 Å². The molecule has 5 heteroatoms. The van der Waals surface area contributed by atoms with Gasteiger partial charge in [-0.25, -0.2) is 4.39 Å². The summed E-state index contributed by atoms with van der Waals surface area (Å²) in [6.45, 7) is 5.55. The van der Waals surface area contributed by atoms with Gasteiger partial charge in [0, 0.05) is 29.0 Å². The molecule has 21 heavy (non-hydrogen) atoms. The summed E-state index contributed by atoms with van der Waals surface area (Å²) in [5, 5.41) is 0. The van der Waals surface area contributed by atoms with Crippen LogP contribution in [0.3, 0.4) is 0 Å². The van der Waals surface area contributed by atoms with Gasteiger partial charge in [0.15, 0.2) is 0 Å². The first-order valence-corrected chi connectivity index (χ1v) is 7.70. The molecule has 1 aromatic heterocycles. The number of rotatable bonds is 1. The van der Waals surface area contributed by atoms with Gasteiger partial charge in [-0.1, -0.05) is 0 Å². The van der Waals surface area contributed by atoms with Gasteiger partial charge < -0.3 is 9.47 Å². The van der Waals surface area contributed by atoms with E-state index in [1.807, 2.05) is 11.8 Å². The lowest BCUT2D eigenvalue weighted by Gasteiger charge is -2.35. The quantitative estimate of drug-likeness (QED) is 0.765. The molecule has 0 fully saturated rings. The van der Waals surface area contributed by atoms with E-state index >= 15 is 0 Å². The van der Waals surface area contributed by atoms with Crippen molar-refractivity contribution in [2.75, 3.05) is 6.54 Å². The minimum absolute atomic E-state index is 0.0110. The molecule has 0 spiro atoms. The Morgan fingerprint density at radius 3 is 2.76 bits per heavy atom. The Morgan fingerprint density at radius 1 is 1.29 bits per heavy atom. The number of hydrogen-bond donors (Lipinski definition) is 0. The molecule has 1 atom stereocenters. The molecule has 0 bridgehead atoms. The summed E-state index contributed by atoms with van der Waals surface area (Å²) in [6, 6.07) is 8.34. The van der Waals surface area contributed by atoms with Crippen LogP contribution in [-0.2, 0) is 6.54 Å². The van der Waals surface area contributed by atoms with Crippen LogP contribution in [0, 0.1) is 12.7 Å². The average Bonchev–Trinajstić information content (AvgIpc) is 2.81. The molecule has 3 nitrogen and oxygen atoms in total. The summed E-state index contributed by atoms with van der Waals surface area (Å²) >= 11 is 3.28. The van der Waals surface area contributed by atoms with Crippen LogP contribution < -0.4 is 0 Å². The number of fused-ring (bicyclic) bond motifs is 1. The molecule has 0 aliphatic carbocycles. The summed E-state index contributed by atoms with van der Waals surface area (Å²) in [4.78, 5) is 14.6. The van der Waals surface area contributed by atoms with E-state index in [-0.39, 0.29) is 17.8 Å². The summed E-state index contributed by atoms with van der Waals surface area (Å²) < 4.78 is 15.9. The molecule has 0 saturated heterocycles. The Bertz CT molecular complexity index is 710. The van der Waals surface area contributed by atoms with Crippen LogP contribution in [-0.4, -0.2) is 21.9 Å². The Morgan fingerprint density at radius 2 is 2.05 bits per heavy atom. The van der Waals surface area contributed by atoms with E-state index < -0.39 is 0 Å². The van der Waals surface area contributed by atoms with Gasteiger partial charge in [-0.05, 0) is 60.1 Å². The molecule has 2 aromatic rings. The minimum atomic E-state index is -0.352. The maximum absolute atomic E-state index is 13.2. The number of carbonyl (C=O) groups excluding carboxylic acids is 1. The lowest BCUT2D eigenvalue weighted by molar-refractivity contribution is 0.0642. The normalized spacial score (nSPS) is 17.7. The number of halogens is 2. The fourth-order valence-corrected chi connectivity index (χ4v) is 3.44. The van der Waals surface area contributed by atoms with Gasteiger partial charge in [-0.15, -0.1) is 0 Å². The lowest BCUT2D eigenvalue weighted by Crippen LogP contribution is -2.41. The van der Waals surface area contributed by atoms with Crippen LogP contribution in [0.25, 0.3) is 0 Å². The molecule has 0 saturated carbocycles. The number of benzene rings is 1. The van der Waals surface area contributed by atoms with E-state index in [9.17, 15) is 9.18 Å². The molecular weight excluding hydrogens is 335 g/mol. The van der Waals surface area contributed by atoms with Gasteiger partial charge in [0.2, 0.25) is 0 Å². The maximum atomic E-state index is 13.2. The molecular formula is C16H16BrFN2O. The molecule has 110 valence electrons. The Hall–Kier alpha value is -1.62. The topological polar surface area (TPSA) is 25.2 Å². The van der Waals surface area contributed by atoms with Crippen molar-refractivity contribution in [1.29, 1.82) is 0 Å². The third-order valence-electron chi connectivity index (χ3n) is 4.12. The van der Waals surface area contributed by atoms with Crippen molar-refractivity contribution in [3.63, 3.8) is 0 Å². The zero-order valence-electron chi connectivity index (χ0n) is 11.9. The van der Waals surface area contributed by atoms with Crippen LogP contribution in [0.1, 0.15) is 34.7 Å². The van der Waals surface area contributed by atoms with Gasteiger partial charge in [-0.3, -0.25) is 4.79 Å². The van der Waals surface area contributed by atoms with Gasteiger partial charge in [0.1, 0.15) is 5.82 Å². The first-order valence-electron chi connectivity index (χ1n) is 6.91. The number of carbonyl (C=O) groups is 1. The SMILES string of the molecule is Cc1ccc2n1CCN(C(=O)c1ccc(F)cc1Br)C2C. The fourth-order valence-electron chi connectivity index (χ4n) is 2.92. The van der Waals surface area contributed by atoms with Crippen molar-refractivity contribution in [3.8, 4) is 0 Å². The molecule has 2 heterocycles. The molecule has 1 aliphatic heterocycles. The standard InChI is InChI=1S/C16H16BrFN2O/c1-10-3-6-15-11(2)20(8-7-19(10)15)16(21)13-5-4-12(18)9-14(13)17/h3-6,9,11H,7-8H2,1-2H3. The second-order valence-corrected chi connectivity index (χ2v) is 6.20. The molecule has 1 aromatic carbocycles. The maximum Gasteiger partial charge on any atom is 0.255 e. The zero-order valence-corrected chi connectivity index (χ0v) is 13.5. The Labute approximate surface area is 131 Å². The summed E-state index contributed by atoms with van der Waals surface area (Å²) in [5.74, 6) is -0.422. The first-order chi connectivity index (χ1) is 9.99. The number of nitrogens with zero attached hydrogens (tertiary/aromatic N) is 2. The highest BCUT2D eigenvalue weighted by Gasteiger charge is 2.29. The van der Waals surface area contributed by atoms with Crippen molar-refractivity contribution in [2.24, 2.45) is 0 Å². The van der Waals surface area contributed by atoms with Crippen molar-refractivity contribution >= 4 is 21.8 Å². The lowest BCUT2D eigenvalue weighted by atomic mass is 10.1. The predicted molar refractivity (Wildman–Crippen MR) is 82.7 cm³/mol. The van der Waals surface area contributed by atoms with E-state index in [2.05, 4.69) is 39.6 Å². The molecule has 1 unspecified atom stereocenters. The number of amides is 1. The van der Waals surface area contributed by atoms with Crippen molar-refractivity contribution < 1.29 is 9.18 Å². The molecule has 0 N–H and O–H groups in total. The molecule has 3 rings (SSSR count). The van der Waals surface area contributed by atoms with Crippen LogP contribution >= 0.6 is 15.9 Å². The Kier molecular flexibility index (Phi) is 3.61. The fraction of sp³-hybridized carbons (Fsp3) is 0.312. The summed E-state index contributed by atoms with van der Waals surface area (Å²) in [7, 11) is 0. The van der Waals surface area contributed by atoms with Crippen molar-refractivity contribution in [1.82, 2.24) is 9.47 Å². The van der Waals surface area contributed by atoms with E-state index in [4.69, 9.17) is 0 Å². The third-order valence-corrected chi connectivity index (χ3v) is 4.77. The highest BCUT2D eigenvalue weighted by molar-refractivity contribution is 9.10. The smallest absolute Gasteiger partial charge is 0.255 e. The van der Waals surface area contributed by atoms with Crippen molar-refractivity contribution in [2.45, 2.75) is 26.4 Å². The molecule has 0 radical (unpaired) electrons. The average molecular weight is 351 g/mol. The van der Waals surface area contributed by atoms with E-state index in [0.29, 0.717) is 16.6 Å². The predicted octanol–water partition coefficient (Wildman–Crippen LogP) is 3.92. The minimum Gasteiger partial charge on any atom is -0.345 e. The second-order valence-electron chi connectivity index (χ2n) is 5.35. The molecule has 1 aliphatic rings.